The predicted octanol–water partition coefficient (Wildman–Crippen LogP) is 3.97. The van der Waals surface area contributed by atoms with Crippen LogP contribution in [-0.4, -0.2) is 34.0 Å². The molecule has 6 nitrogen and oxygen atoms in total. The van der Waals surface area contributed by atoms with Gasteiger partial charge in [0.25, 0.3) is 0 Å². The second-order valence-corrected chi connectivity index (χ2v) is 7.25. The lowest BCUT2D eigenvalue weighted by Gasteiger charge is -2.13. The van der Waals surface area contributed by atoms with E-state index in [9.17, 15) is 9.90 Å². The number of amides is 1. The van der Waals surface area contributed by atoms with Crippen molar-refractivity contribution in [3.63, 3.8) is 0 Å². The number of hydrogen-bond donors (Lipinski definition) is 4. The Bertz CT molecular complexity index is 841. The zero-order valence-electron chi connectivity index (χ0n) is 17.1. The molecule has 2 heterocycles. The van der Waals surface area contributed by atoms with Crippen molar-refractivity contribution in [1.82, 2.24) is 9.88 Å². The number of phenolic OH excluding ortho intramolecular Hbond substituents is 1. The van der Waals surface area contributed by atoms with E-state index in [1.165, 1.54) is 31.8 Å². The van der Waals surface area contributed by atoms with Gasteiger partial charge in [-0.25, -0.2) is 0 Å². The van der Waals surface area contributed by atoms with Crippen LogP contribution in [0.2, 0.25) is 0 Å². The number of unbranched alkanes of at least 4 members (excludes halogenated alkanes) is 1. The monoisotopic (exact) mass is 396 g/mol. The summed E-state index contributed by atoms with van der Waals surface area (Å²) in [5.41, 5.74) is 13.5. The summed E-state index contributed by atoms with van der Waals surface area (Å²) in [4.78, 5) is 16.0. The van der Waals surface area contributed by atoms with Gasteiger partial charge in [-0.2, -0.15) is 0 Å². The molecule has 1 fully saturated rings. The SMILES string of the molecule is C=CC(=O)N1CCC(CCCC)C1.N/C(=C\c1cc[nH]c1N)c1ccccc1O. The van der Waals surface area contributed by atoms with Crippen LogP contribution in [0.15, 0.2) is 49.2 Å². The zero-order chi connectivity index (χ0) is 21.2. The van der Waals surface area contributed by atoms with E-state index < -0.39 is 0 Å². The lowest BCUT2D eigenvalue weighted by molar-refractivity contribution is -0.125. The number of aromatic nitrogens is 1. The number of nitrogens with one attached hydrogen (secondary N) is 1. The van der Waals surface area contributed by atoms with E-state index in [0.717, 1.165) is 24.6 Å². The summed E-state index contributed by atoms with van der Waals surface area (Å²) in [7, 11) is 0. The first-order chi connectivity index (χ1) is 14.0. The third kappa shape index (κ3) is 6.45. The van der Waals surface area contributed by atoms with Crippen LogP contribution in [0.4, 0.5) is 5.82 Å². The lowest BCUT2D eigenvalue weighted by atomic mass is 10.0. The first kappa shape index (κ1) is 22.1. The Morgan fingerprint density at radius 3 is 2.76 bits per heavy atom. The molecule has 3 rings (SSSR count). The fraction of sp³-hybridized carbons (Fsp3) is 0.348. The van der Waals surface area contributed by atoms with E-state index in [-0.39, 0.29) is 11.7 Å². The van der Waals surface area contributed by atoms with Gasteiger partial charge in [0.15, 0.2) is 0 Å². The van der Waals surface area contributed by atoms with Crippen LogP contribution < -0.4 is 11.5 Å². The Hall–Kier alpha value is -3.15. The van der Waals surface area contributed by atoms with Crippen molar-refractivity contribution < 1.29 is 9.90 Å². The molecule has 1 saturated heterocycles. The number of phenols is 1. The molecule has 1 aromatic heterocycles. The molecule has 2 aromatic rings. The summed E-state index contributed by atoms with van der Waals surface area (Å²) in [5, 5.41) is 9.62. The molecule has 0 radical (unpaired) electrons. The normalized spacial score (nSPS) is 16.2. The van der Waals surface area contributed by atoms with Gasteiger partial charge in [-0.15, -0.1) is 0 Å². The molecule has 1 aliphatic heterocycles. The molecule has 0 spiro atoms. The van der Waals surface area contributed by atoms with Crippen LogP contribution in [-0.2, 0) is 4.79 Å². The highest BCUT2D eigenvalue weighted by atomic mass is 16.3. The molecule has 1 unspecified atom stereocenters. The van der Waals surface area contributed by atoms with Crippen molar-refractivity contribution >= 4 is 23.5 Å². The number of aromatic hydroxyl groups is 1. The Morgan fingerprint density at radius 1 is 1.38 bits per heavy atom. The predicted molar refractivity (Wildman–Crippen MR) is 120 cm³/mol. The van der Waals surface area contributed by atoms with Crippen LogP contribution in [0.1, 0.15) is 43.7 Å². The molecule has 29 heavy (non-hydrogen) atoms. The Balaban J connectivity index is 0.000000212. The average Bonchev–Trinajstić information content (AvgIpc) is 3.36. The van der Waals surface area contributed by atoms with E-state index in [1.807, 2.05) is 17.0 Å². The topological polar surface area (TPSA) is 108 Å². The zero-order valence-corrected chi connectivity index (χ0v) is 17.1. The van der Waals surface area contributed by atoms with Gasteiger partial charge in [-0.05, 0) is 49.1 Å². The molecule has 1 amide bonds. The Labute approximate surface area is 172 Å². The number of carbonyl (C=O) groups is 1. The van der Waals surface area contributed by atoms with Crippen molar-refractivity contribution in [2.45, 2.75) is 32.6 Å². The maximum absolute atomic E-state index is 11.2. The molecule has 0 saturated carbocycles. The van der Waals surface area contributed by atoms with E-state index in [2.05, 4.69) is 18.5 Å². The van der Waals surface area contributed by atoms with Crippen molar-refractivity contribution in [3.05, 3.63) is 60.3 Å². The number of H-pyrrole nitrogens is 1. The quantitative estimate of drug-likeness (QED) is 0.554. The van der Waals surface area contributed by atoms with Crippen molar-refractivity contribution in [1.29, 1.82) is 0 Å². The number of benzene rings is 1. The summed E-state index contributed by atoms with van der Waals surface area (Å²) in [6.45, 7) is 7.59. The Kier molecular flexibility index (Phi) is 8.40. The molecule has 1 atom stereocenters. The highest BCUT2D eigenvalue weighted by Crippen LogP contribution is 2.24. The number of nitrogen functional groups attached to an aromatic ring is 1. The standard InChI is InChI=1S/C12H13N3O.C11H19NO/c13-10(7-8-5-6-15-12(8)14)9-3-1-2-4-11(9)16;1-3-5-6-10-7-8-12(9-10)11(13)4-2/h1-7,15-16H,13-14H2;4,10H,2-3,5-9H2,1H3/b10-7-;. The first-order valence-corrected chi connectivity index (χ1v) is 10.1. The van der Waals surface area contributed by atoms with E-state index in [1.54, 1.807) is 30.5 Å². The molecule has 0 bridgehead atoms. The van der Waals surface area contributed by atoms with Gasteiger partial charge in [0.2, 0.25) is 5.91 Å². The highest BCUT2D eigenvalue weighted by Gasteiger charge is 2.23. The molecular weight excluding hydrogens is 364 g/mol. The summed E-state index contributed by atoms with van der Waals surface area (Å²) in [5.74, 6) is 1.55. The van der Waals surface area contributed by atoms with Crippen LogP contribution >= 0.6 is 0 Å². The average molecular weight is 397 g/mol. The minimum atomic E-state index is 0.0963. The smallest absolute Gasteiger partial charge is 0.245 e. The van der Waals surface area contributed by atoms with Gasteiger partial charge in [0.1, 0.15) is 11.6 Å². The summed E-state index contributed by atoms with van der Waals surface area (Å²) >= 11 is 0. The molecule has 1 aliphatic rings. The van der Waals surface area contributed by atoms with Gasteiger partial charge in [0.05, 0.1) is 0 Å². The fourth-order valence-corrected chi connectivity index (χ4v) is 3.37. The first-order valence-electron chi connectivity index (χ1n) is 10.1. The number of aromatic amines is 1. The summed E-state index contributed by atoms with van der Waals surface area (Å²) in [6.07, 6.45) is 9.88. The third-order valence-corrected chi connectivity index (χ3v) is 5.08. The van der Waals surface area contributed by atoms with Gasteiger partial charge in [-0.1, -0.05) is 38.5 Å². The van der Waals surface area contributed by atoms with E-state index in [4.69, 9.17) is 11.5 Å². The van der Waals surface area contributed by atoms with E-state index >= 15 is 0 Å². The minimum absolute atomic E-state index is 0.0963. The number of likely N-dealkylation sites (tertiary alicyclic amines) is 1. The van der Waals surface area contributed by atoms with Crippen LogP contribution in [0.25, 0.3) is 11.8 Å². The van der Waals surface area contributed by atoms with Crippen LogP contribution in [0.5, 0.6) is 5.75 Å². The van der Waals surface area contributed by atoms with Crippen molar-refractivity contribution in [2.75, 3.05) is 18.8 Å². The number of anilines is 1. The Morgan fingerprint density at radius 2 is 2.14 bits per heavy atom. The van der Waals surface area contributed by atoms with Crippen molar-refractivity contribution in [3.8, 4) is 5.75 Å². The summed E-state index contributed by atoms with van der Waals surface area (Å²) in [6, 6.07) is 8.73. The molecule has 6 heteroatoms. The number of rotatable bonds is 6. The fourth-order valence-electron chi connectivity index (χ4n) is 3.37. The molecular formula is C23H32N4O2. The number of carbonyl (C=O) groups excluding carboxylic acids is 1. The van der Waals surface area contributed by atoms with E-state index in [0.29, 0.717) is 17.1 Å². The minimum Gasteiger partial charge on any atom is -0.507 e. The maximum atomic E-state index is 11.2. The van der Waals surface area contributed by atoms with Gasteiger partial charge in [0, 0.05) is 36.1 Å². The molecule has 156 valence electrons. The molecule has 6 N–H and O–H groups in total. The molecule has 1 aromatic carbocycles. The largest absolute Gasteiger partial charge is 0.507 e. The van der Waals surface area contributed by atoms with Crippen LogP contribution in [0, 0.1) is 5.92 Å². The van der Waals surface area contributed by atoms with Gasteiger partial charge >= 0.3 is 0 Å². The molecule has 0 aliphatic carbocycles. The highest BCUT2D eigenvalue weighted by molar-refractivity contribution is 5.87. The number of nitrogens with zero attached hydrogens (tertiary/aromatic N) is 1. The number of para-hydroxylation sites is 1. The number of nitrogens with two attached hydrogens (primary N) is 2. The van der Waals surface area contributed by atoms with Crippen LogP contribution in [0.3, 0.4) is 0 Å². The third-order valence-electron chi connectivity index (χ3n) is 5.08. The second kappa shape index (κ2) is 11.0. The maximum Gasteiger partial charge on any atom is 0.245 e. The van der Waals surface area contributed by atoms with Gasteiger partial charge < -0.3 is 26.5 Å². The second-order valence-electron chi connectivity index (χ2n) is 7.25. The lowest BCUT2D eigenvalue weighted by Crippen LogP contribution is -2.26. The summed E-state index contributed by atoms with van der Waals surface area (Å²) < 4.78 is 0. The van der Waals surface area contributed by atoms with Crippen molar-refractivity contribution in [2.24, 2.45) is 11.7 Å². The number of hydrogen-bond acceptors (Lipinski definition) is 4. The van der Waals surface area contributed by atoms with Gasteiger partial charge in [-0.3, -0.25) is 4.79 Å².